The summed E-state index contributed by atoms with van der Waals surface area (Å²) in [7, 11) is 1.64. The first-order valence-electron chi connectivity index (χ1n) is 8.65. The predicted molar refractivity (Wildman–Crippen MR) is 99.1 cm³/mol. The van der Waals surface area contributed by atoms with E-state index in [1.54, 1.807) is 43.6 Å². The van der Waals surface area contributed by atoms with Gasteiger partial charge in [-0.25, -0.2) is 0 Å². The van der Waals surface area contributed by atoms with Crippen molar-refractivity contribution in [2.24, 2.45) is 7.05 Å². The van der Waals surface area contributed by atoms with Crippen molar-refractivity contribution in [2.45, 2.75) is 44.1 Å². The van der Waals surface area contributed by atoms with Crippen molar-refractivity contribution in [2.75, 3.05) is 6.54 Å². The van der Waals surface area contributed by atoms with E-state index in [1.807, 2.05) is 6.07 Å². The number of carbonyl (C=O) groups excluding carboxylic acids is 1. The number of amides is 1. The number of hydrogen-bond donors (Lipinski definition) is 2. The van der Waals surface area contributed by atoms with E-state index in [-0.39, 0.29) is 22.4 Å². The molecule has 2 aromatic rings. The third-order valence-corrected chi connectivity index (χ3v) is 6.58. The van der Waals surface area contributed by atoms with Crippen LogP contribution < -0.4 is 10.9 Å². The lowest BCUT2D eigenvalue weighted by molar-refractivity contribution is 0.0941. The molecule has 0 aliphatic heterocycles. The fourth-order valence-electron chi connectivity index (χ4n) is 3.54. The Labute approximate surface area is 151 Å². The summed E-state index contributed by atoms with van der Waals surface area (Å²) in [4.78, 5) is 26.8. The highest BCUT2D eigenvalue weighted by molar-refractivity contribution is 7.12. The van der Waals surface area contributed by atoms with Gasteiger partial charge in [0.1, 0.15) is 5.56 Å². The Bertz CT molecular complexity index is 816. The van der Waals surface area contributed by atoms with Crippen molar-refractivity contribution in [1.29, 1.82) is 0 Å². The SMILES string of the molecule is CC(O)c1ccc(C2(CNC(=O)c3cccn(C)c3=O)CCCC2)s1. The second kappa shape index (κ2) is 7.14. The van der Waals surface area contributed by atoms with Crippen LogP contribution in [0.15, 0.2) is 35.3 Å². The van der Waals surface area contributed by atoms with Crippen LogP contribution in [0.2, 0.25) is 0 Å². The molecule has 1 amide bonds. The molecule has 2 N–H and O–H groups in total. The van der Waals surface area contributed by atoms with Gasteiger partial charge in [-0.1, -0.05) is 12.8 Å². The van der Waals surface area contributed by atoms with Gasteiger partial charge < -0.3 is 15.0 Å². The van der Waals surface area contributed by atoms with Crippen LogP contribution in [0.3, 0.4) is 0 Å². The van der Waals surface area contributed by atoms with Crippen LogP contribution in [-0.4, -0.2) is 22.1 Å². The van der Waals surface area contributed by atoms with Crippen LogP contribution in [0.1, 0.15) is 58.8 Å². The van der Waals surface area contributed by atoms with E-state index < -0.39 is 6.10 Å². The van der Waals surface area contributed by atoms with Gasteiger partial charge in [0.2, 0.25) is 0 Å². The molecule has 25 heavy (non-hydrogen) atoms. The zero-order chi connectivity index (χ0) is 18.0. The summed E-state index contributed by atoms with van der Waals surface area (Å²) >= 11 is 1.62. The molecule has 1 fully saturated rings. The van der Waals surface area contributed by atoms with Crippen LogP contribution in [-0.2, 0) is 12.5 Å². The number of aryl methyl sites for hydroxylation is 1. The fraction of sp³-hybridized carbons (Fsp3) is 0.474. The molecule has 1 aliphatic rings. The second-order valence-corrected chi connectivity index (χ2v) is 8.00. The number of aliphatic hydroxyl groups excluding tert-OH is 1. The van der Waals surface area contributed by atoms with Crippen molar-refractivity contribution in [1.82, 2.24) is 9.88 Å². The van der Waals surface area contributed by atoms with Gasteiger partial charge in [0.05, 0.1) is 6.10 Å². The first kappa shape index (κ1) is 17.9. The number of thiophene rings is 1. The Kier molecular flexibility index (Phi) is 5.11. The first-order chi connectivity index (χ1) is 11.9. The smallest absolute Gasteiger partial charge is 0.263 e. The lowest BCUT2D eigenvalue weighted by atomic mass is 9.84. The normalized spacial score (nSPS) is 17.4. The molecule has 3 rings (SSSR count). The summed E-state index contributed by atoms with van der Waals surface area (Å²) in [5, 5.41) is 12.8. The van der Waals surface area contributed by atoms with Gasteiger partial charge in [-0.15, -0.1) is 11.3 Å². The number of nitrogens with one attached hydrogen (secondary N) is 1. The molecule has 1 atom stereocenters. The van der Waals surface area contributed by atoms with Gasteiger partial charge in [-0.2, -0.15) is 0 Å². The number of aromatic nitrogens is 1. The van der Waals surface area contributed by atoms with Gasteiger partial charge in [0.15, 0.2) is 0 Å². The maximum absolute atomic E-state index is 12.5. The monoisotopic (exact) mass is 360 g/mol. The van der Waals surface area contributed by atoms with Crippen LogP contribution in [0.4, 0.5) is 0 Å². The summed E-state index contributed by atoms with van der Waals surface area (Å²) < 4.78 is 1.41. The Morgan fingerprint density at radius 2 is 2.08 bits per heavy atom. The first-order valence-corrected chi connectivity index (χ1v) is 9.47. The van der Waals surface area contributed by atoms with Crippen molar-refractivity contribution < 1.29 is 9.90 Å². The van der Waals surface area contributed by atoms with E-state index in [0.717, 1.165) is 30.6 Å². The van der Waals surface area contributed by atoms with E-state index in [2.05, 4.69) is 11.4 Å². The molecule has 0 radical (unpaired) electrons. The molecular weight excluding hydrogens is 336 g/mol. The highest BCUT2D eigenvalue weighted by Gasteiger charge is 2.37. The number of pyridine rings is 1. The number of carbonyl (C=O) groups is 1. The van der Waals surface area contributed by atoms with Gasteiger partial charge in [-0.05, 0) is 44.0 Å². The molecule has 1 unspecified atom stereocenters. The maximum Gasteiger partial charge on any atom is 0.263 e. The van der Waals surface area contributed by atoms with Crippen molar-refractivity contribution in [3.63, 3.8) is 0 Å². The number of nitrogens with zero attached hydrogens (tertiary/aromatic N) is 1. The Balaban J connectivity index is 1.79. The van der Waals surface area contributed by atoms with E-state index in [1.165, 1.54) is 9.44 Å². The highest BCUT2D eigenvalue weighted by atomic mass is 32.1. The topological polar surface area (TPSA) is 71.3 Å². The van der Waals surface area contributed by atoms with Gasteiger partial charge >= 0.3 is 0 Å². The molecule has 0 saturated heterocycles. The van der Waals surface area contributed by atoms with Gasteiger partial charge in [0.25, 0.3) is 11.5 Å². The quantitative estimate of drug-likeness (QED) is 0.861. The molecule has 5 nitrogen and oxygen atoms in total. The third-order valence-electron chi connectivity index (χ3n) is 5.08. The number of aliphatic hydroxyl groups is 1. The van der Waals surface area contributed by atoms with Crippen LogP contribution >= 0.6 is 11.3 Å². The Hall–Kier alpha value is -1.92. The largest absolute Gasteiger partial charge is 0.388 e. The van der Waals surface area contributed by atoms with Crippen LogP contribution in [0, 0.1) is 0 Å². The van der Waals surface area contributed by atoms with E-state index in [4.69, 9.17) is 0 Å². The van der Waals surface area contributed by atoms with E-state index >= 15 is 0 Å². The summed E-state index contributed by atoms with van der Waals surface area (Å²) in [5.41, 5.74) is -0.199. The molecule has 6 heteroatoms. The molecule has 2 heterocycles. The zero-order valence-corrected chi connectivity index (χ0v) is 15.4. The van der Waals surface area contributed by atoms with E-state index in [9.17, 15) is 14.7 Å². The minimum atomic E-state index is -0.473. The molecule has 1 saturated carbocycles. The summed E-state index contributed by atoms with van der Waals surface area (Å²) in [6.45, 7) is 2.29. The highest BCUT2D eigenvalue weighted by Crippen LogP contribution is 2.44. The summed E-state index contributed by atoms with van der Waals surface area (Å²) in [5.74, 6) is -0.320. The van der Waals surface area contributed by atoms with Crippen molar-refractivity contribution in [3.05, 3.63) is 56.1 Å². The van der Waals surface area contributed by atoms with Gasteiger partial charge in [-0.3, -0.25) is 9.59 Å². The Morgan fingerprint density at radius 1 is 1.36 bits per heavy atom. The van der Waals surface area contributed by atoms with Crippen LogP contribution in [0.25, 0.3) is 0 Å². The predicted octanol–water partition coefficient (Wildman–Crippen LogP) is 2.74. The minimum absolute atomic E-state index is 0.0898. The number of rotatable bonds is 5. The van der Waals surface area contributed by atoms with Crippen LogP contribution in [0.5, 0.6) is 0 Å². The second-order valence-electron chi connectivity index (χ2n) is 6.89. The number of hydrogen-bond acceptors (Lipinski definition) is 4. The van der Waals surface area contributed by atoms with E-state index in [0.29, 0.717) is 6.54 Å². The average Bonchev–Trinajstić information content (AvgIpc) is 3.25. The molecule has 2 aromatic heterocycles. The Morgan fingerprint density at radius 3 is 2.72 bits per heavy atom. The maximum atomic E-state index is 12.5. The van der Waals surface area contributed by atoms with Crippen molar-refractivity contribution >= 4 is 17.2 Å². The standard InChI is InChI=1S/C19H24N2O3S/c1-13(22)15-7-8-16(25-15)19(9-3-4-10-19)12-20-17(23)14-6-5-11-21(2)18(14)24/h5-8,11,13,22H,3-4,9-10,12H2,1-2H3,(H,20,23). The average molecular weight is 360 g/mol. The molecule has 134 valence electrons. The minimum Gasteiger partial charge on any atom is -0.388 e. The summed E-state index contributed by atoms with van der Waals surface area (Å²) in [6.07, 6.45) is 5.45. The lowest BCUT2D eigenvalue weighted by Gasteiger charge is -2.28. The fourth-order valence-corrected chi connectivity index (χ4v) is 4.73. The molecule has 0 aromatic carbocycles. The van der Waals surface area contributed by atoms with Crippen molar-refractivity contribution in [3.8, 4) is 0 Å². The third kappa shape index (κ3) is 3.55. The zero-order valence-electron chi connectivity index (χ0n) is 14.6. The summed E-state index contributed by atoms with van der Waals surface area (Å²) in [6, 6.07) is 7.32. The molecule has 1 aliphatic carbocycles. The lowest BCUT2D eigenvalue weighted by Crippen LogP contribution is -2.40. The molecular formula is C19H24N2O3S. The molecule has 0 bridgehead atoms. The van der Waals surface area contributed by atoms with Gasteiger partial charge in [0, 0.05) is 35.0 Å². The molecule has 0 spiro atoms.